The number of rotatable bonds is 6. The molecule has 1 unspecified atom stereocenters. The van der Waals surface area contributed by atoms with Gasteiger partial charge in [-0.05, 0) is 64.3 Å². The second-order valence-corrected chi connectivity index (χ2v) is 8.00. The van der Waals surface area contributed by atoms with Crippen molar-refractivity contribution < 1.29 is 14.7 Å². The van der Waals surface area contributed by atoms with Crippen molar-refractivity contribution in [2.45, 2.75) is 52.1 Å². The summed E-state index contributed by atoms with van der Waals surface area (Å²) in [5, 5.41) is 12.2. The maximum Gasteiger partial charge on any atom is 0.337 e. The Kier molecular flexibility index (Phi) is 8.09. The molecule has 166 valence electrons. The summed E-state index contributed by atoms with van der Waals surface area (Å²) in [5.74, 6) is -0.504. The van der Waals surface area contributed by atoms with Gasteiger partial charge in [-0.15, -0.1) is 12.4 Å². The van der Waals surface area contributed by atoms with Gasteiger partial charge in [-0.1, -0.05) is 19.1 Å². The van der Waals surface area contributed by atoms with Crippen LogP contribution in [0.25, 0.3) is 11.0 Å². The number of para-hydroxylation sites is 2. The number of benzene rings is 1. The summed E-state index contributed by atoms with van der Waals surface area (Å²) in [7, 11) is 0. The normalized spacial score (nSPS) is 16.4. The van der Waals surface area contributed by atoms with E-state index in [2.05, 4.69) is 5.32 Å². The van der Waals surface area contributed by atoms with Crippen LogP contribution in [-0.4, -0.2) is 56.8 Å². The molecule has 1 amide bonds. The summed E-state index contributed by atoms with van der Waals surface area (Å²) >= 11 is 0. The number of carboxylic acids is 1. The van der Waals surface area contributed by atoms with E-state index in [0.717, 1.165) is 18.4 Å². The van der Waals surface area contributed by atoms with Crippen molar-refractivity contribution >= 4 is 35.4 Å². The van der Waals surface area contributed by atoms with Crippen molar-refractivity contribution in [1.82, 2.24) is 19.4 Å². The Bertz CT molecular complexity index is 944. The number of hydrogen-bond donors (Lipinski definition) is 2. The highest BCUT2D eigenvalue weighted by Crippen LogP contribution is 2.20. The Labute approximate surface area is 182 Å². The highest BCUT2D eigenvalue weighted by atomic mass is 35.5. The minimum Gasteiger partial charge on any atom is -0.480 e. The smallest absolute Gasteiger partial charge is 0.337 e. The topological polar surface area (TPSA) is 96.6 Å². The number of nitrogens with zero attached hydrogens (tertiary/aromatic N) is 3. The van der Waals surface area contributed by atoms with Gasteiger partial charge in [0.1, 0.15) is 6.04 Å². The number of likely N-dealkylation sites (tertiary alicyclic amines) is 1. The van der Waals surface area contributed by atoms with Gasteiger partial charge < -0.3 is 10.4 Å². The number of carboxylic acid groups (broad SMARTS) is 1. The molecule has 0 spiro atoms. The average molecular weight is 439 g/mol. The molecule has 2 N–H and O–H groups in total. The lowest BCUT2D eigenvalue weighted by molar-refractivity contribution is -0.144. The Morgan fingerprint density at radius 2 is 1.77 bits per heavy atom. The molecule has 1 aromatic heterocycles. The molecular formula is C21H31ClN4O4. The number of aliphatic carboxylic acids is 1. The van der Waals surface area contributed by atoms with Crippen LogP contribution in [0.3, 0.4) is 0 Å². The van der Waals surface area contributed by atoms with E-state index in [1.54, 1.807) is 10.6 Å². The molecule has 0 saturated carbocycles. The number of aromatic nitrogens is 2. The second-order valence-electron chi connectivity index (χ2n) is 8.00. The van der Waals surface area contributed by atoms with E-state index in [1.807, 2.05) is 43.9 Å². The van der Waals surface area contributed by atoms with Crippen molar-refractivity contribution in [3.05, 3.63) is 34.7 Å². The largest absolute Gasteiger partial charge is 0.480 e. The summed E-state index contributed by atoms with van der Waals surface area (Å²) < 4.78 is 2.84. The van der Waals surface area contributed by atoms with Crippen LogP contribution >= 0.6 is 12.4 Å². The number of imidazole rings is 1. The first-order valence-corrected chi connectivity index (χ1v) is 10.3. The first kappa shape index (κ1) is 24.0. The average Bonchev–Trinajstić information content (AvgIpc) is 2.99. The Morgan fingerprint density at radius 3 is 2.30 bits per heavy atom. The molecule has 1 aliphatic heterocycles. The third-order valence-electron chi connectivity index (χ3n) is 5.80. The van der Waals surface area contributed by atoms with Crippen LogP contribution in [0.15, 0.2) is 29.1 Å². The van der Waals surface area contributed by atoms with Gasteiger partial charge in [0.25, 0.3) is 0 Å². The summed E-state index contributed by atoms with van der Waals surface area (Å²) in [6.45, 7) is 7.62. The molecule has 3 rings (SSSR count). The molecule has 1 aromatic carbocycles. The number of halogens is 1. The molecule has 2 aromatic rings. The Balaban J connectivity index is 0.00000320. The predicted molar refractivity (Wildman–Crippen MR) is 119 cm³/mol. The van der Waals surface area contributed by atoms with E-state index < -0.39 is 18.0 Å². The molecular weight excluding hydrogens is 408 g/mol. The molecule has 2 heterocycles. The van der Waals surface area contributed by atoms with Crippen LogP contribution in [0.1, 0.15) is 46.1 Å². The molecule has 30 heavy (non-hydrogen) atoms. The summed E-state index contributed by atoms with van der Waals surface area (Å²) in [6, 6.07) is 6.41. The number of hydrogen-bond acceptors (Lipinski definition) is 4. The number of amides is 1. The van der Waals surface area contributed by atoms with Crippen LogP contribution in [0, 0.1) is 5.92 Å². The van der Waals surface area contributed by atoms with Crippen LogP contribution in [0.2, 0.25) is 0 Å². The Morgan fingerprint density at radius 1 is 1.17 bits per heavy atom. The molecule has 1 atom stereocenters. The number of carbonyl (C=O) groups is 2. The number of carbonyl (C=O) groups excluding carboxylic acids is 1. The Hall–Kier alpha value is -2.32. The van der Waals surface area contributed by atoms with E-state index in [0.29, 0.717) is 31.6 Å². The van der Waals surface area contributed by atoms with Crippen LogP contribution in [0.4, 0.5) is 4.79 Å². The van der Waals surface area contributed by atoms with E-state index in [4.69, 9.17) is 0 Å². The molecule has 1 aliphatic rings. The summed E-state index contributed by atoms with van der Waals surface area (Å²) in [4.78, 5) is 39.0. The zero-order valence-corrected chi connectivity index (χ0v) is 18.5. The van der Waals surface area contributed by atoms with Crippen molar-refractivity contribution in [2.75, 3.05) is 19.6 Å². The quantitative estimate of drug-likeness (QED) is 0.722. The van der Waals surface area contributed by atoms with Crippen molar-refractivity contribution in [3.8, 4) is 0 Å². The van der Waals surface area contributed by atoms with E-state index in [-0.39, 0.29) is 30.1 Å². The minimum atomic E-state index is -0.778. The first-order chi connectivity index (χ1) is 13.8. The zero-order chi connectivity index (χ0) is 21.1. The van der Waals surface area contributed by atoms with Crippen LogP contribution in [0.5, 0.6) is 0 Å². The van der Waals surface area contributed by atoms with Gasteiger partial charge in [-0.2, -0.15) is 0 Å². The molecule has 8 nitrogen and oxygen atoms in total. The third-order valence-corrected chi connectivity index (χ3v) is 5.80. The molecule has 0 aliphatic carbocycles. The molecule has 9 heteroatoms. The van der Waals surface area contributed by atoms with E-state index in [1.165, 1.54) is 4.57 Å². The fourth-order valence-corrected chi connectivity index (χ4v) is 4.23. The van der Waals surface area contributed by atoms with Gasteiger partial charge in [0, 0.05) is 12.6 Å². The minimum absolute atomic E-state index is 0. The van der Waals surface area contributed by atoms with Crippen molar-refractivity contribution in [3.63, 3.8) is 0 Å². The van der Waals surface area contributed by atoms with Crippen LogP contribution < -0.4 is 11.0 Å². The molecule has 0 radical (unpaired) electrons. The summed E-state index contributed by atoms with van der Waals surface area (Å²) in [5.41, 5.74) is 1.02. The lowest BCUT2D eigenvalue weighted by Crippen LogP contribution is -2.47. The second kappa shape index (κ2) is 10.1. The maximum absolute atomic E-state index is 12.8. The zero-order valence-electron chi connectivity index (χ0n) is 17.7. The number of piperidine rings is 1. The van der Waals surface area contributed by atoms with Crippen molar-refractivity contribution in [2.24, 2.45) is 5.92 Å². The van der Waals surface area contributed by atoms with Gasteiger partial charge in [0.15, 0.2) is 0 Å². The van der Waals surface area contributed by atoms with Gasteiger partial charge in [-0.3, -0.25) is 14.3 Å². The van der Waals surface area contributed by atoms with Gasteiger partial charge >= 0.3 is 17.7 Å². The number of fused-ring (bicyclic) bond motifs is 1. The predicted octanol–water partition coefficient (Wildman–Crippen LogP) is 2.94. The van der Waals surface area contributed by atoms with E-state index >= 15 is 0 Å². The monoisotopic (exact) mass is 438 g/mol. The highest BCUT2D eigenvalue weighted by Gasteiger charge is 2.28. The van der Waals surface area contributed by atoms with Crippen LogP contribution in [-0.2, 0) is 4.79 Å². The lowest BCUT2D eigenvalue weighted by Gasteiger charge is -2.35. The van der Waals surface area contributed by atoms with Gasteiger partial charge in [0.2, 0.25) is 0 Å². The van der Waals surface area contributed by atoms with Crippen molar-refractivity contribution in [1.29, 1.82) is 0 Å². The maximum atomic E-state index is 12.8. The first-order valence-electron chi connectivity index (χ1n) is 10.3. The summed E-state index contributed by atoms with van der Waals surface area (Å²) in [6.07, 6.45) is 2.24. The lowest BCUT2D eigenvalue weighted by atomic mass is 9.95. The fraction of sp³-hybridized carbons (Fsp3) is 0.571. The SMILES string of the molecule is CCC(C(=O)O)N1CCC(CNC(=O)n2c(=O)n(C(C)C)c3ccccc32)CC1.Cl. The third kappa shape index (κ3) is 4.70. The van der Waals surface area contributed by atoms with Gasteiger partial charge in [-0.25, -0.2) is 14.2 Å². The van der Waals surface area contributed by atoms with E-state index in [9.17, 15) is 19.5 Å². The molecule has 1 saturated heterocycles. The fourth-order valence-electron chi connectivity index (χ4n) is 4.23. The number of nitrogens with one attached hydrogen (secondary N) is 1. The van der Waals surface area contributed by atoms with Gasteiger partial charge in [0.05, 0.1) is 11.0 Å². The standard InChI is InChI=1S/C21H30N4O4.ClH/c1-4-16(19(26)27)23-11-9-15(10-12-23)13-22-20(28)25-18-8-6-5-7-17(18)24(14(2)3)21(25)29;/h5-8,14-16H,4,9-13H2,1-3H3,(H,22,28)(H,26,27);1H. The molecule has 1 fully saturated rings. The highest BCUT2D eigenvalue weighted by molar-refractivity contribution is 5.89. The molecule has 0 bridgehead atoms.